The van der Waals surface area contributed by atoms with Crippen LogP contribution in [0.1, 0.15) is 52.6 Å². The standard InChI is InChI=1S/C23H28F2N2O3/c1-5-30-23(29)18-7-6-10-26(13-18)22(28)21-15(3)14(2)16(4)27(21)12-17-8-9-19(24)20(25)11-17/h8-9,11,18H,5-7,10,12-13H2,1-4H3/t18-/m0/s1. The smallest absolute Gasteiger partial charge is 0.310 e. The fraction of sp³-hybridized carbons (Fsp3) is 0.478. The summed E-state index contributed by atoms with van der Waals surface area (Å²) >= 11 is 0. The van der Waals surface area contributed by atoms with Gasteiger partial charge in [0, 0.05) is 25.3 Å². The summed E-state index contributed by atoms with van der Waals surface area (Å²) in [6.45, 7) is 8.99. The molecule has 2 heterocycles. The molecule has 1 saturated heterocycles. The first-order valence-electron chi connectivity index (χ1n) is 10.3. The summed E-state index contributed by atoms with van der Waals surface area (Å²) in [5.74, 6) is -2.55. The van der Waals surface area contributed by atoms with Gasteiger partial charge in [-0.25, -0.2) is 8.78 Å². The molecule has 0 spiro atoms. The van der Waals surface area contributed by atoms with Gasteiger partial charge in [0.1, 0.15) is 5.69 Å². The molecule has 0 N–H and O–H groups in total. The average Bonchev–Trinajstić information content (AvgIpc) is 2.94. The van der Waals surface area contributed by atoms with Crippen LogP contribution in [0.15, 0.2) is 18.2 Å². The average molecular weight is 418 g/mol. The molecule has 1 aliphatic heterocycles. The van der Waals surface area contributed by atoms with Crippen molar-refractivity contribution >= 4 is 11.9 Å². The first kappa shape index (κ1) is 22.0. The Labute approximate surface area is 175 Å². The lowest BCUT2D eigenvalue weighted by atomic mass is 9.97. The van der Waals surface area contributed by atoms with E-state index in [0.29, 0.717) is 37.4 Å². The predicted octanol–water partition coefficient (Wildman–Crippen LogP) is 4.16. The van der Waals surface area contributed by atoms with Gasteiger partial charge in [-0.2, -0.15) is 0 Å². The molecule has 1 fully saturated rings. The highest BCUT2D eigenvalue weighted by Gasteiger charge is 2.32. The molecule has 0 aliphatic carbocycles. The molecule has 1 atom stereocenters. The number of hydrogen-bond donors (Lipinski definition) is 0. The highest BCUT2D eigenvalue weighted by atomic mass is 19.2. The molecule has 2 aromatic rings. The molecule has 0 bridgehead atoms. The zero-order valence-corrected chi connectivity index (χ0v) is 17.9. The maximum absolute atomic E-state index is 13.7. The summed E-state index contributed by atoms with van der Waals surface area (Å²) < 4.78 is 34.0. The van der Waals surface area contributed by atoms with E-state index < -0.39 is 11.6 Å². The van der Waals surface area contributed by atoms with Crippen molar-refractivity contribution in [3.05, 3.63) is 57.9 Å². The molecular formula is C23H28F2N2O3. The molecule has 1 aromatic carbocycles. The van der Waals surface area contributed by atoms with E-state index >= 15 is 0 Å². The number of halogens is 2. The monoisotopic (exact) mass is 418 g/mol. The van der Waals surface area contributed by atoms with Crippen LogP contribution >= 0.6 is 0 Å². The Balaban J connectivity index is 1.91. The van der Waals surface area contributed by atoms with Crippen molar-refractivity contribution in [1.29, 1.82) is 0 Å². The Morgan fingerprint density at radius 1 is 1.13 bits per heavy atom. The van der Waals surface area contributed by atoms with Gasteiger partial charge in [0.15, 0.2) is 11.6 Å². The van der Waals surface area contributed by atoms with E-state index in [0.717, 1.165) is 35.4 Å². The normalized spacial score (nSPS) is 16.6. The molecule has 1 aromatic heterocycles. The third kappa shape index (κ3) is 4.25. The Morgan fingerprint density at radius 3 is 2.53 bits per heavy atom. The maximum Gasteiger partial charge on any atom is 0.310 e. The second kappa shape index (κ2) is 8.98. The van der Waals surface area contributed by atoms with Crippen molar-refractivity contribution in [3.63, 3.8) is 0 Å². The lowest BCUT2D eigenvalue weighted by Crippen LogP contribution is -2.43. The van der Waals surface area contributed by atoms with Crippen LogP contribution < -0.4 is 0 Å². The van der Waals surface area contributed by atoms with Crippen LogP contribution in [0.25, 0.3) is 0 Å². The Kier molecular flexibility index (Phi) is 6.58. The molecule has 0 unspecified atom stereocenters. The van der Waals surface area contributed by atoms with Crippen LogP contribution in [0.4, 0.5) is 8.78 Å². The minimum atomic E-state index is -0.910. The Morgan fingerprint density at radius 2 is 1.87 bits per heavy atom. The van der Waals surface area contributed by atoms with E-state index in [2.05, 4.69) is 0 Å². The van der Waals surface area contributed by atoms with E-state index in [-0.39, 0.29) is 24.3 Å². The summed E-state index contributed by atoms with van der Waals surface area (Å²) in [5, 5.41) is 0. The number of carbonyl (C=O) groups is 2. The quantitative estimate of drug-likeness (QED) is 0.686. The summed E-state index contributed by atoms with van der Waals surface area (Å²) in [4.78, 5) is 27.3. The molecule has 0 radical (unpaired) electrons. The number of hydrogen-bond acceptors (Lipinski definition) is 3. The SMILES string of the molecule is CCOC(=O)[C@H]1CCCN(C(=O)c2c(C)c(C)c(C)n2Cc2ccc(F)c(F)c2)C1. The van der Waals surface area contributed by atoms with Crippen LogP contribution in [-0.4, -0.2) is 41.0 Å². The van der Waals surface area contributed by atoms with Gasteiger partial charge < -0.3 is 14.2 Å². The molecule has 1 aliphatic rings. The highest BCUT2D eigenvalue weighted by molar-refractivity contribution is 5.95. The second-order valence-corrected chi connectivity index (χ2v) is 7.86. The molecule has 3 rings (SSSR count). The van der Waals surface area contributed by atoms with Crippen LogP contribution in [0, 0.1) is 38.3 Å². The van der Waals surface area contributed by atoms with Crippen LogP contribution in [0.5, 0.6) is 0 Å². The first-order valence-corrected chi connectivity index (χ1v) is 10.3. The molecular weight excluding hydrogens is 390 g/mol. The second-order valence-electron chi connectivity index (χ2n) is 7.86. The van der Waals surface area contributed by atoms with Crippen LogP contribution in [-0.2, 0) is 16.1 Å². The van der Waals surface area contributed by atoms with Crippen molar-refractivity contribution < 1.29 is 23.1 Å². The zero-order valence-electron chi connectivity index (χ0n) is 17.9. The van der Waals surface area contributed by atoms with E-state index in [1.807, 2.05) is 25.3 Å². The third-order valence-corrected chi connectivity index (χ3v) is 5.99. The number of ether oxygens (including phenoxy) is 1. The van der Waals surface area contributed by atoms with E-state index in [4.69, 9.17) is 4.74 Å². The molecule has 1 amide bonds. The van der Waals surface area contributed by atoms with E-state index in [9.17, 15) is 18.4 Å². The van der Waals surface area contributed by atoms with Crippen molar-refractivity contribution in [2.75, 3.05) is 19.7 Å². The number of aromatic nitrogens is 1. The summed E-state index contributed by atoms with van der Waals surface area (Å²) in [6.07, 6.45) is 1.44. The van der Waals surface area contributed by atoms with Gasteiger partial charge in [-0.05, 0) is 69.4 Å². The zero-order chi connectivity index (χ0) is 22.0. The van der Waals surface area contributed by atoms with Crippen molar-refractivity contribution in [2.45, 2.75) is 47.1 Å². The number of carbonyl (C=O) groups excluding carboxylic acids is 2. The van der Waals surface area contributed by atoms with E-state index in [1.54, 1.807) is 11.8 Å². The molecule has 5 nitrogen and oxygen atoms in total. The highest BCUT2D eigenvalue weighted by Crippen LogP contribution is 2.27. The minimum absolute atomic E-state index is 0.153. The maximum atomic E-state index is 13.7. The van der Waals surface area contributed by atoms with Gasteiger partial charge in [0.05, 0.1) is 12.5 Å². The molecule has 7 heteroatoms. The van der Waals surface area contributed by atoms with Crippen molar-refractivity contribution in [2.24, 2.45) is 5.92 Å². The van der Waals surface area contributed by atoms with E-state index in [1.165, 1.54) is 6.07 Å². The Bertz CT molecular complexity index is 968. The summed E-state index contributed by atoms with van der Waals surface area (Å²) in [7, 11) is 0. The lowest BCUT2D eigenvalue weighted by molar-refractivity contribution is -0.149. The predicted molar refractivity (Wildman–Crippen MR) is 109 cm³/mol. The fourth-order valence-corrected chi connectivity index (χ4v) is 4.08. The first-order chi connectivity index (χ1) is 14.2. The van der Waals surface area contributed by atoms with Crippen LogP contribution in [0.2, 0.25) is 0 Å². The largest absolute Gasteiger partial charge is 0.466 e. The summed E-state index contributed by atoms with van der Waals surface area (Å²) in [5.41, 5.74) is 3.85. The minimum Gasteiger partial charge on any atom is -0.466 e. The molecule has 162 valence electrons. The van der Waals surface area contributed by atoms with Gasteiger partial charge in [0.25, 0.3) is 5.91 Å². The number of rotatable bonds is 5. The van der Waals surface area contributed by atoms with Crippen LogP contribution in [0.3, 0.4) is 0 Å². The topological polar surface area (TPSA) is 51.5 Å². The number of piperidine rings is 1. The molecule has 30 heavy (non-hydrogen) atoms. The van der Waals surface area contributed by atoms with Crippen molar-refractivity contribution in [3.8, 4) is 0 Å². The summed E-state index contributed by atoms with van der Waals surface area (Å²) in [6, 6.07) is 3.78. The Hall–Kier alpha value is -2.70. The fourth-order valence-electron chi connectivity index (χ4n) is 4.08. The number of esters is 1. The van der Waals surface area contributed by atoms with Crippen molar-refractivity contribution in [1.82, 2.24) is 9.47 Å². The number of likely N-dealkylation sites (tertiary alicyclic amines) is 1. The van der Waals surface area contributed by atoms with Gasteiger partial charge in [-0.15, -0.1) is 0 Å². The third-order valence-electron chi connectivity index (χ3n) is 5.99. The number of benzene rings is 1. The van der Waals surface area contributed by atoms with Gasteiger partial charge in [-0.3, -0.25) is 9.59 Å². The number of amides is 1. The van der Waals surface area contributed by atoms with Gasteiger partial charge in [-0.1, -0.05) is 6.07 Å². The molecule has 0 saturated carbocycles. The van der Waals surface area contributed by atoms with Gasteiger partial charge >= 0.3 is 5.97 Å². The number of nitrogens with zero attached hydrogens (tertiary/aromatic N) is 2. The lowest BCUT2D eigenvalue weighted by Gasteiger charge is -2.32. The van der Waals surface area contributed by atoms with Gasteiger partial charge in [0.2, 0.25) is 0 Å².